The van der Waals surface area contributed by atoms with Gasteiger partial charge in [0, 0.05) is 0 Å². The summed E-state index contributed by atoms with van der Waals surface area (Å²) in [6, 6.07) is 0. The van der Waals surface area contributed by atoms with Crippen molar-refractivity contribution in [2.24, 2.45) is 0 Å². The third-order valence-electron chi connectivity index (χ3n) is 2.82. The molecule has 2 saturated heterocycles. The first-order valence-electron chi connectivity index (χ1n) is 5.61. The standard InChI is InChI=1S/C11H20O5/c1-10(2)13-5-7(15-10)9(12)8-6-14-11(3,4)16-8/h7-9,12H,5-6H2,1-4H3/t7-,8+,9+. The summed E-state index contributed by atoms with van der Waals surface area (Å²) in [5.74, 6) is -1.25. The van der Waals surface area contributed by atoms with E-state index in [1.807, 2.05) is 27.7 Å². The average Bonchev–Trinajstić information content (AvgIpc) is 2.68. The van der Waals surface area contributed by atoms with E-state index < -0.39 is 17.7 Å². The molecule has 1 N–H and O–H groups in total. The minimum Gasteiger partial charge on any atom is -0.388 e. The lowest BCUT2D eigenvalue weighted by atomic mass is 10.1. The molecule has 0 aromatic heterocycles. The highest BCUT2D eigenvalue weighted by molar-refractivity contribution is 4.86. The summed E-state index contributed by atoms with van der Waals surface area (Å²) < 4.78 is 22.0. The molecule has 0 bridgehead atoms. The van der Waals surface area contributed by atoms with Gasteiger partial charge < -0.3 is 24.1 Å². The van der Waals surface area contributed by atoms with Crippen LogP contribution in [0.5, 0.6) is 0 Å². The summed E-state index contributed by atoms with van der Waals surface area (Å²) in [6.07, 6.45) is -1.42. The van der Waals surface area contributed by atoms with E-state index in [0.29, 0.717) is 13.2 Å². The molecule has 5 heteroatoms. The number of hydrogen-bond acceptors (Lipinski definition) is 5. The Bertz CT molecular complexity index is 237. The van der Waals surface area contributed by atoms with E-state index >= 15 is 0 Å². The van der Waals surface area contributed by atoms with Gasteiger partial charge in [-0.25, -0.2) is 0 Å². The van der Waals surface area contributed by atoms with Gasteiger partial charge in [-0.3, -0.25) is 0 Å². The van der Waals surface area contributed by atoms with Crippen LogP contribution < -0.4 is 0 Å². The van der Waals surface area contributed by atoms with E-state index in [4.69, 9.17) is 18.9 Å². The molecule has 0 unspecified atom stereocenters. The van der Waals surface area contributed by atoms with Crippen LogP contribution in [0, 0.1) is 0 Å². The van der Waals surface area contributed by atoms with Crippen molar-refractivity contribution in [3.8, 4) is 0 Å². The average molecular weight is 232 g/mol. The molecule has 2 fully saturated rings. The Balaban J connectivity index is 1.92. The van der Waals surface area contributed by atoms with E-state index in [1.54, 1.807) is 0 Å². The van der Waals surface area contributed by atoms with Crippen LogP contribution in [0.1, 0.15) is 27.7 Å². The molecular formula is C11H20O5. The van der Waals surface area contributed by atoms with Crippen LogP contribution in [0.3, 0.4) is 0 Å². The summed E-state index contributed by atoms with van der Waals surface area (Å²) in [4.78, 5) is 0. The molecule has 16 heavy (non-hydrogen) atoms. The summed E-state index contributed by atoms with van der Waals surface area (Å²) in [6.45, 7) is 8.08. The molecular weight excluding hydrogens is 212 g/mol. The molecule has 2 aliphatic rings. The molecule has 0 spiro atoms. The molecule has 0 aromatic rings. The second kappa shape index (κ2) is 3.92. The number of aliphatic hydroxyl groups is 1. The fraction of sp³-hybridized carbons (Fsp3) is 1.00. The molecule has 5 nitrogen and oxygen atoms in total. The van der Waals surface area contributed by atoms with Crippen molar-refractivity contribution in [3.05, 3.63) is 0 Å². The van der Waals surface area contributed by atoms with Gasteiger partial charge in [0.05, 0.1) is 13.2 Å². The predicted octanol–water partition coefficient (Wildman–Crippen LogP) is 0.650. The maximum absolute atomic E-state index is 10.1. The van der Waals surface area contributed by atoms with Crippen LogP contribution >= 0.6 is 0 Å². The highest BCUT2D eigenvalue weighted by Crippen LogP contribution is 2.30. The van der Waals surface area contributed by atoms with E-state index in [9.17, 15) is 5.11 Å². The molecule has 0 amide bonds. The summed E-state index contributed by atoms with van der Waals surface area (Å²) in [5, 5.41) is 10.1. The second-order valence-corrected chi connectivity index (χ2v) is 5.22. The number of rotatable bonds is 2. The zero-order valence-electron chi connectivity index (χ0n) is 10.2. The maximum atomic E-state index is 10.1. The largest absolute Gasteiger partial charge is 0.388 e. The minimum absolute atomic E-state index is 0.350. The van der Waals surface area contributed by atoms with Gasteiger partial charge in [0.1, 0.15) is 18.3 Å². The quantitative estimate of drug-likeness (QED) is 0.757. The molecule has 3 atom stereocenters. The van der Waals surface area contributed by atoms with Crippen molar-refractivity contribution in [3.63, 3.8) is 0 Å². The summed E-state index contributed by atoms with van der Waals surface area (Å²) >= 11 is 0. The zero-order valence-corrected chi connectivity index (χ0v) is 10.2. The highest BCUT2D eigenvalue weighted by Gasteiger charge is 2.44. The Morgan fingerprint density at radius 3 is 1.56 bits per heavy atom. The van der Waals surface area contributed by atoms with Crippen molar-refractivity contribution in [2.45, 2.75) is 57.6 Å². The third-order valence-corrected chi connectivity index (χ3v) is 2.82. The van der Waals surface area contributed by atoms with Crippen molar-refractivity contribution >= 4 is 0 Å². The third kappa shape index (κ3) is 2.55. The first-order valence-corrected chi connectivity index (χ1v) is 5.61. The van der Waals surface area contributed by atoms with Crippen LogP contribution in [0.4, 0.5) is 0 Å². The second-order valence-electron chi connectivity index (χ2n) is 5.22. The Hall–Kier alpha value is -0.200. The van der Waals surface area contributed by atoms with Crippen molar-refractivity contribution in [1.29, 1.82) is 0 Å². The Labute approximate surface area is 95.6 Å². The van der Waals surface area contributed by atoms with Gasteiger partial charge >= 0.3 is 0 Å². The van der Waals surface area contributed by atoms with Gasteiger partial charge in [0.15, 0.2) is 11.6 Å². The van der Waals surface area contributed by atoms with E-state index in [-0.39, 0.29) is 12.2 Å². The molecule has 2 heterocycles. The molecule has 0 radical (unpaired) electrons. The lowest BCUT2D eigenvalue weighted by Gasteiger charge is -2.24. The number of hydrogen-bond donors (Lipinski definition) is 1. The number of ether oxygens (including phenoxy) is 4. The smallest absolute Gasteiger partial charge is 0.163 e. The molecule has 2 rings (SSSR count). The van der Waals surface area contributed by atoms with Gasteiger partial charge in [-0.1, -0.05) is 0 Å². The fourth-order valence-corrected chi connectivity index (χ4v) is 2.01. The predicted molar refractivity (Wildman–Crippen MR) is 55.8 cm³/mol. The van der Waals surface area contributed by atoms with Crippen LogP contribution in [-0.2, 0) is 18.9 Å². The number of aliphatic hydroxyl groups excluding tert-OH is 1. The molecule has 0 saturated carbocycles. The van der Waals surface area contributed by atoms with E-state index in [1.165, 1.54) is 0 Å². The lowest BCUT2D eigenvalue weighted by molar-refractivity contribution is -0.178. The first kappa shape index (κ1) is 12.3. The zero-order chi connectivity index (χ0) is 12.0. The maximum Gasteiger partial charge on any atom is 0.163 e. The SMILES string of the molecule is CC1(C)OC[C@@H]([C@@H](O)[C@H]2COC(C)(C)O2)O1. The topological polar surface area (TPSA) is 57.2 Å². The van der Waals surface area contributed by atoms with Crippen LogP contribution in [-0.4, -0.2) is 48.2 Å². The first-order chi connectivity index (χ1) is 7.29. The van der Waals surface area contributed by atoms with E-state index in [0.717, 1.165) is 0 Å². The van der Waals surface area contributed by atoms with Gasteiger partial charge in [0.2, 0.25) is 0 Å². The Morgan fingerprint density at radius 2 is 1.31 bits per heavy atom. The van der Waals surface area contributed by atoms with Gasteiger partial charge in [-0.05, 0) is 27.7 Å². The molecule has 0 aliphatic carbocycles. The van der Waals surface area contributed by atoms with Gasteiger partial charge in [-0.15, -0.1) is 0 Å². The highest BCUT2D eigenvalue weighted by atomic mass is 16.8. The van der Waals surface area contributed by atoms with Crippen LogP contribution in [0.15, 0.2) is 0 Å². The van der Waals surface area contributed by atoms with Gasteiger partial charge in [-0.2, -0.15) is 0 Å². The Morgan fingerprint density at radius 1 is 0.938 bits per heavy atom. The van der Waals surface area contributed by atoms with Crippen molar-refractivity contribution in [2.75, 3.05) is 13.2 Å². The molecule has 0 aromatic carbocycles. The normalized spacial score (nSPS) is 38.8. The van der Waals surface area contributed by atoms with Gasteiger partial charge in [0.25, 0.3) is 0 Å². The molecule has 2 aliphatic heterocycles. The lowest BCUT2D eigenvalue weighted by Crippen LogP contribution is -2.41. The monoisotopic (exact) mass is 232 g/mol. The van der Waals surface area contributed by atoms with Crippen LogP contribution in [0.2, 0.25) is 0 Å². The summed E-state index contributed by atoms with van der Waals surface area (Å²) in [7, 11) is 0. The minimum atomic E-state index is -0.719. The van der Waals surface area contributed by atoms with E-state index in [2.05, 4.69) is 0 Å². The Kier molecular flexibility index (Phi) is 3.01. The fourth-order valence-electron chi connectivity index (χ4n) is 2.01. The summed E-state index contributed by atoms with van der Waals surface area (Å²) in [5.41, 5.74) is 0. The van der Waals surface area contributed by atoms with Crippen molar-refractivity contribution in [1.82, 2.24) is 0 Å². The molecule has 94 valence electrons. The van der Waals surface area contributed by atoms with Crippen molar-refractivity contribution < 1.29 is 24.1 Å². The van der Waals surface area contributed by atoms with Crippen LogP contribution in [0.25, 0.3) is 0 Å².